The summed E-state index contributed by atoms with van der Waals surface area (Å²) in [4.78, 5) is 0. The third kappa shape index (κ3) is 7.11. The fourth-order valence-corrected chi connectivity index (χ4v) is 3.12. The van der Waals surface area contributed by atoms with Crippen LogP contribution in [-0.4, -0.2) is 27.5 Å². The monoisotopic (exact) mass is 360 g/mol. The van der Waals surface area contributed by atoms with Gasteiger partial charge >= 0.3 is 0 Å². The SMILES string of the molecule is CCN[C@H](C)CNS(=O)(=O)Cc1ccc(Cl)c(Cl)c1.Cl. The van der Waals surface area contributed by atoms with Crippen molar-refractivity contribution in [3.05, 3.63) is 33.8 Å². The summed E-state index contributed by atoms with van der Waals surface area (Å²) < 4.78 is 26.3. The highest BCUT2D eigenvalue weighted by molar-refractivity contribution is 7.88. The molecule has 0 radical (unpaired) electrons. The van der Waals surface area contributed by atoms with Gasteiger partial charge in [0.2, 0.25) is 10.0 Å². The molecule has 0 aliphatic carbocycles. The summed E-state index contributed by atoms with van der Waals surface area (Å²) in [5.74, 6) is -0.108. The van der Waals surface area contributed by atoms with Crippen molar-refractivity contribution in [2.75, 3.05) is 13.1 Å². The number of benzene rings is 1. The lowest BCUT2D eigenvalue weighted by atomic mass is 10.2. The van der Waals surface area contributed by atoms with E-state index in [1.807, 2.05) is 13.8 Å². The van der Waals surface area contributed by atoms with Gasteiger partial charge in [-0.25, -0.2) is 13.1 Å². The number of halogens is 3. The van der Waals surface area contributed by atoms with Gasteiger partial charge in [0.25, 0.3) is 0 Å². The Morgan fingerprint density at radius 1 is 1.25 bits per heavy atom. The van der Waals surface area contributed by atoms with Crippen molar-refractivity contribution in [2.45, 2.75) is 25.6 Å². The molecule has 1 rings (SSSR count). The molecule has 0 bridgehead atoms. The summed E-state index contributed by atoms with van der Waals surface area (Å²) in [7, 11) is -3.37. The average molecular weight is 362 g/mol. The summed E-state index contributed by atoms with van der Waals surface area (Å²) in [6, 6.07) is 4.90. The zero-order chi connectivity index (χ0) is 14.5. The number of hydrogen-bond donors (Lipinski definition) is 2. The van der Waals surface area contributed by atoms with Gasteiger partial charge in [0.05, 0.1) is 15.8 Å². The Hall–Kier alpha value is -0.0400. The van der Waals surface area contributed by atoms with E-state index in [1.54, 1.807) is 18.2 Å². The molecule has 20 heavy (non-hydrogen) atoms. The lowest BCUT2D eigenvalue weighted by Crippen LogP contribution is -2.39. The van der Waals surface area contributed by atoms with Crippen LogP contribution in [0.2, 0.25) is 10.0 Å². The third-order valence-electron chi connectivity index (χ3n) is 2.50. The zero-order valence-electron chi connectivity index (χ0n) is 11.3. The van der Waals surface area contributed by atoms with Gasteiger partial charge in [0.1, 0.15) is 0 Å². The van der Waals surface area contributed by atoms with Crippen LogP contribution in [0.4, 0.5) is 0 Å². The lowest BCUT2D eigenvalue weighted by molar-refractivity contribution is 0.535. The van der Waals surface area contributed by atoms with Gasteiger partial charge in [-0.2, -0.15) is 0 Å². The molecule has 0 aliphatic rings. The molecule has 0 spiro atoms. The van der Waals surface area contributed by atoms with E-state index in [-0.39, 0.29) is 24.2 Å². The van der Waals surface area contributed by atoms with Crippen LogP contribution < -0.4 is 10.0 Å². The molecule has 1 atom stereocenters. The summed E-state index contributed by atoms with van der Waals surface area (Å²) >= 11 is 11.6. The van der Waals surface area contributed by atoms with E-state index in [4.69, 9.17) is 23.2 Å². The first-order valence-corrected chi connectivity index (χ1v) is 8.39. The molecule has 0 aromatic heterocycles. The van der Waals surface area contributed by atoms with Gasteiger partial charge in [-0.1, -0.05) is 36.2 Å². The second-order valence-corrected chi connectivity index (χ2v) is 6.94. The largest absolute Gasteiger partial charge is 0.313 e. The van der Waals surface area contributed by atoms with E-state index in [9.17, 15) is 8.42 Å². The van der Waals surface area contributed by atoms with E-state index >= 15 is 0 Å². The molecule has 4 nitrogen and oxygen atoms in total. The standard InChI is InChI=1S/C12H18Cl2N2O2S.ClH/c1-3-15-9(2)7-16-19(17,18)8-10-4-5-11(13)12(14)6-10;/h4-6,9,15-16H,3,7-8H2,1-2H3;1H/t9-;/m1./s1. The van der Waals surface area contributed by atoms with Gasteiger partial charge in [0.15, 0.2) is 0 Å². The van der Waals surface area contributed by atoms with E-state index in [0.717, 1.165) is 6.54 Å². The second kappa shape index (κ2) is 9.07. The predicted molar refractivity (Wildman–Crippen MR) is 87.5 cm³/mol. The molecule has 2 N–H and O–H groups in total. The van der Waals surface area contributed by atoms with Gasteiger partial charge in [-0.05, 0) is 31.2 Å². The van der Waals surface area contributed by atoms with Crippen LogP contribution in [0.5, 0.6) is 0 Å². The molecule has 0 unspecified atom stereocenters. The van der Waals surface area contributed by atoms with Crippen molar-refractivity contribution >= 4 is 45.6 Å². The van der Waals surface area contributed by atoms with Crippen molar-refractivity contribution < 1.29 is 8.42 Å². The van der Waals surface area contributed by atoms with E-state index in [2.05, 4.69) is 10.0 Å². The van der Waals surface area contributed by atoms with Crippen LogP contribution in [0.15, 0.2) is 18.2 Å². The van der Waals surface area contributed by atoms with Crippen molar-refractivity contribution in [1.82, 2.24) is 10.0 Å². The second-order valence-electron chi connectivity index (χ2n) is 4.31. The number of likely N-dealkylation sites (N-methyl/N-ethyl adjacent to an activating group) is 1. The predicted octanol–water partition coefficient (Wildman–Crippen LogP) is 2.83. The van der Waals surface area contributed by atoms with Crippen molar-refractivity contribution in [3.8, 4) is 0 Å². The van der Waals surface area contributed by atoms with Gasteiger partial charge in [0, 0.05) is 12.6 Å². The molecule has 0 saturated heterocycles. The van der Waals surface area contributed by atoms with Crippen LogP contribution in [0.1, 0.15) is 19.4 Å². The molecule has 0 saturated carbocycles. The molecule has 0 amide bonds. The number of rotatable bonds is 7. The summed E-state index contributed by atoms with van der Waals surface area (Å²) in [6.07, 6.45) is 0. The first-order chi connectivity index (χ1) is 8.84. The normalized spacial score (nSPS) is 12.8. The topological polar surface area (TPSA) is 58.2 Å². The minimum atomic E-state index is -3.37. The van der Waals surface area contributed by atoms with Gasteiger partial charge < -0.3 is 5.32 Å². The Labute approximate surface area is 136 Å². The maximum absolute atomic E-state index is 11.9. The highest BCUT2D eigenvalue weighted by Gasteiger charge is 2.13. The Kier molecular flexibility index (Phi) is 9.06. The molecule has 8 heteroatoms. The minimum absolute atomic E-state index is 0. The van der Waals surface area contributed by atoms with Crippen molar-refractivity contribution in [2.24, 2.45) is 0 Å². The Morgan fingerprint density at radius 2 is 1.90 bits per heavy atom. The highest BCUT2D eigenvalue weighted by atomic mass is 35.5. The summed E-state index contributed by atoms with van der Waals surface area (Å²) in [6.45, 7) is 5.05. The Balaban J connectivity index is 0.00000361. The van der Waals surface area contributed by atoms with E-state index in [1.165, 1.54) is 0 Å². The van der Waals surface area contributed by atoms with Crippen LogP contribution >= 0.6 is 35.6 Å². The molecule has 0 aliphatic heterocycles. The van der Waals surface area contributed by atoms with Crippen LogP contribution in [-0.2, 0) is 15.8 Å². The summed E-state index contributed by atoms with van der Waals surface area (Å²) in [5, 5.41) is 3.90. The third-order valence-corrected chi connectivity index (χ3v) is 4.56. The lowest BCUT2D eigenvalue weighted by Gasteiger charge is -2.13. The zero-order valence-corrected chi connectivity index (χ0v) is 14.5. The number of nitrogens with one attached hydrogen (secondary N) is 2. The highest BCUT2D eigenvalue weighted by Crippen LogP contribution is 2.23. The first-order valence-electron chi connectivity index (χ1n) is 5.98. The quantitative estimate of drug-likeness (QED) is 0.785. The van der Waals surface area contributed by atoms with Gasteiger partial charge in [-0.3, -0.25) is 0 Å². The summed E-state index contributed by atoms with van der Waals surface area (Å²) in [5.41, 5.74) is 0.609. The smallest absolute Gasteiger partial charge is 0.215 e. The number of sulfonamides is 1. The molecule has 116 valence electrons. The Bertz CT molecular complexity index is 523. The molecule has 1 aromatic rings. The fourth-order valence-electron chi connectivity index (χ4n) is 1.57. The molecule has 0 heterocycles. The number of hydrogen-bond acceptors (Lipinski definition) is 3. The van der Waals surface area contributed by atoms with E-state index < -0.39 is 10.0 Å². The van der Waals surface area contributed by atoms with Crippen LogP contribution in [0, 0.1) is 0 Å². The fraction of sp³-hybridized carbons (Fsp3) is 0.500. The maximum atomic E-state index is 11.9. The molecular weight excluding hydrogens is 343 g/mol. The van der Waals surface area contributed by atoms with Crippen LogP contribution in [0.3, 0.4) is 0 Å². The Morgan fingerprint density at radius 3 is 2.45 bits per heavy atom. The maximum Gasteiger partial charge on any atom is 0.215 e. The van der Waals surface area contributed by atoms with Crippen LogP contribution in [0.25, 0.3) is 0 Å². The average Bonchev–Trinajstić information content (AvgIpc) is 2.32. The van der Waals surface area contributed by atoms with E-state index in [0.29, 0.717) is 22.2 Å². The molecule has 0 fully saturated rings. The minimum Gasteiger partial charge on any atom is -0.313 e. The van der Waals surface area contributed by atoms with Crippen molar-refractivity contribution in [1.29, 1.82) is 0 Å². The first kappa shape index (κ1) is 20.0. The molecular formula is C12H19Cl3N2O2S. The van der Waals surface area contributed by atoms with Gasteiger partial charge in [-0.15, -0.1) is 12.4 Å². The molecule has 1 aromatic carbocycles. The van der Waals surface area contributed by atoms with Crippen molar-refractivity contribution in [3.63, 3.8) is 0 Å².